The molecule has 0 amide bonds. The normalized spacial score (nSPS) is 21.5. The number of methoxy groups -OCH3 is 1. The van der Waals surface area contributed by atoms with Gasteiger partial charge in [0.25, 0.3) is 0 Å². The molecule has 2 atom stereocenters. The van der Waals surface area contributed by atoms with Crippen LogP contribution in [0.4, 0.5) is 0 Å². The summed E-state index contributed by atoms with van der Waals surface area (Å²) in [6, 6.07) is -0.0987. The first-order valence-corrected chi connectivity index (χ1v) is 5.63. The fraction of sp³-hybridized carbons (Fsp3) is 0.909. The van der Waals surface area contributed by atoms with Crippen LogP contribution < -0.4 is 5.32 Å². The zero-order chi connectivity index (χ0) is 11.3. The summed E-state index contributed by atoms with van der Waals surface area (Å²) in [5.74, 6) is -0.764. The van der Waals surface area contributed by atoms with E-state index in [0.717, 1.165) is 12.8 Å². The molecule has 0 aliphatic heterocycles. The van der Waals surface area contributed by atoms with Crippen molar-refractivity contribution < 1.29 is 14.6 Å². The minimum atomic E-state index is -0.772. The third-order valence-corrected chi connectivity index (χ3v) is 3.04. The topological polar surface area (TPSA) is 58.6 Å². The van der Waals surface area contributed by atoms with Gasteiger partial charge in [-0.1, -0.05) is 19.8 Å². The van der Waals surface area contributed by atoms with Crippen molar-refractivity contribution in [3.05, 3.63) is 0 Å². The first kappa shape index (κ1) is 12.5. The first-order chi connectivity index (χ1) is 7.15. The molecule has 88 valence electrons. The molecule has 0 heterocycles. The van der Waals surface area contributed by atoms with Crippen LogP contribution in [0.2, 0.25) is 0 Å². The smallest absolute Gasteiger partial charge is 0.321 e. The molecule has 0 aromatic carbocycles. The number of aliphatic carboxylic acids is 1. The highest BCUT2D eigenvalue weighted by atomic mass is 16.5. The molecule has 1 aliphatic carbocycles. The second kappa shape index (κ2) is 6.08. The predicted molar refractivity (Wildman–Crippen MR) is 57.9 cm³/mol. The van der Waals surface area contributed by atoms with Gasteiger partial charge in [-0.15, -0.1) is 0 Å². The minimum absolute atomic E-state index is 0.00750. The average molecular weight is 215 g/mol. The Morgan fingerprint density at radius 1 is 1.53 bits per heavy atom. The van der Waals surface area contributed by atoms with Crippen LogP contribution >= 0.6 is 0 Å². The van der Waals surface area contributed by atoms with E-state index in [1.807, 2.05) is 6.92 Å². The van der Waals surface area contributed by atoms with E-state index >= 15 is 0 Å². The van der Waals surface area contributed by atoms with E-state index in [1.165, 1.54) is 12.8 Å². The number of nitrogens with one attached hydrogen (secondary N) is 1. The van der Waals surface area contributed by atoms with Gasteiger partial charge >= 0.3 is 5.97 Å². The second-order valence-corrected chi connectivity index (χ2v) is 4.40. The Balaban J connectivity index is 2.45. The van der Waals surface area contributed by atoms with Gasteiger partial charge in [-0.05, 0) is 12.8 Å². The van der Waals surface area contributed by atoms with Gasteiger partial charge in [-0.2, -0.15) is 0 Å². The van der Waals surface area contributed by atoms with Crippen LogP contribution in [-0.2, 0) is 9.53 Å². The van der Waals surface area contributed by atoms with Crippen LogP contribution in [0.5, 0.6) is 0 Å². The summed E-state index contributed by atoms with van der Waals surface area (Å²) in [5.41, 5.74) is 0. The van der Waals surface area contributed by atoms with Crippen LogP contribution in [0.3, 0.4) is 0 Å². The Hall–Kier alpha value is -0.610. The molecule has 0 saturated heterocycles. The molecule has 4 heteroatoms. The fourth-order valence-corrected chi connectivity index (χ4v) is 2.18. The Bertz CT molecular complexity index is 202. The molecule has 1 rings (SSSR count). The molecule has 0 aromatic rings. The van der Waals surface area contributed by atoms with E-state index in [-0.39, 0.29) is 5.92 Å². The largest absolute Gasteiger partial charge is 0.480 e. The minimum Gasteiger partial charge on any atom is -0.480 e. The zero-order valence-corrected chi connectivity index (χ0v) is 9.53. The summed E-state index contributed by atoms with van der Waals surface area (Å²) < 4.78 is 5.00. The molecule has 1 aliphatic rings. The molecule has 0 bridgehead atoms. The summed E-state index contributed by atoms with van der Waals surface area (Å²) in [7, 11) is 1.60. The van der Waals surface area contributed by atoms with Crippen LogP contribution in [0.25, 0.3) is 0 Å². The monoisotopic (exact) mass is 215 g/mol. The number of carboxylic acids is 1. The van der Waals surface area contributed by atoms with Gasteiger partial charge in [0.15, 0.2) is 0 Å². The first-order valence-electron chi connectivity index (χ1n) is 5.63. The van der Waals surface area contributed by atoms with E-state index in [1.54, 1.807) is 7.11 Å². The molecule has 1 fully saturated rings. The molecular weight excluding hydrogens is 194 g/mol. The number of rotatable bonds is 6. The fourth-order valence-electron chi connectivity index (χ4n) is 2.18. The third-order valence-electron chi connectivity index (χ3n) is 3.04. The van der Waals surface area contributed by atoms with Gasteiger partial charge in [0, 0.05) is 19.1 Å². The van der Waals surface area contributed by atoms with Crippen molar-refractivity contribution >= 4 is 5.97 Å². The standard InChI is InChI=1S/C11H21NO3/c1-8(7-15-2)10(11(13)14)12-9-5-3-4-6-9/h8-10,12H,3-7H2,1-2H3,(H,13,14). The van der Waals surface area contributed by atoms with E-state index in [0.29, 0.717) is 12.6 Å². The molecule has 2 N–H and O–H groups in total. The second-order valence-electron chi connectivity index (χ2n) is 4.40. The van der Waals surface area contributed by atoms with Crippen molar-refractivity contribution in [3.8, 4) is 0 Å². The number of hydrogen-bond donors (Lipinski definition) is 2. The van der Waals surface area contributed by atoms with Gasteiger partial charge in [-0.25, -0.2) is 0 Å². The van der Waals surface area contributed by atoms with Crippen LogP contribution in [-0.4, -0.2) is 36.9 Å². The van der Waals surface area contributed by atoms with E-state index in [4.69, 9.17) is 9.84 Å². The highest BCUT2D eigenvalue weighted by Crippen LogP contribution is 2.19. The van der Waals surface area contributed by atoms with E-state index < -0.39 is 12.0 Å². The van der Waals surface area contributed by atoms with E-state index in [9.17, 15) is 4.79 Å². The Kier molecular flexibility index (Phi) is 5.05. The summed E-state index contributed by atoms with van der Waals surface area (Å²) >= 11 is 0. The van der Waals surface area contributed by atoms with Crippen LogP contribution in [0.1, 0.15) is 32.6 Å². The maximum atomic E-state index is 11.1. The number of carboxylic acid groups (broad SMARTS) is 1. The quantitative estimate of drug-likeness (QED) is 0.700. The summed E-state index contributed by atoms with van der Waals surface area (Å²) in [5, 5.41) is 12.3. The lowest BCUT2D eigenvalue weighted by Crippen LogP contribution is -2.47. The summed E-state index contributed by atoms with van der Waals surface area (Å²) in [4.78, 5) is 11.1. The molecule has 0 spiro atoms. The Labute approximate surface area is 91.0 Å². The summed E-state index contributed by atoms with van der Waals surface area (Å²) in [6.45, 7) is 2.39. The number of hydrogen-bond acceptors (Lipinski definition) is 3. The average Bonchev–Trinajstić information content (AvgIpc) is 2.66. The van der Waals surface area contributed by atoms with Crippen LogP contribution in [0.15, 0.2) is 0 Å². The molecule has 0 radical (unpaired) electrons. The lowest BCUT2D eigenvalue weighted by Gasteiger charge is -2.24. The molecule has 0 aromatic heterocycles. The van der Waals surface area contributed by atoms with Gasteiger partial charge in [0.05, 0.1) is 6.61 Å². The van der Waals surface area contributed by atoms with Crippen molar-refractivity contribution in [2.45, 2.75) is 44.7 Å². The molecule has 4 nitrogen and oxygen atoms in total. The predicted octanol–water partition coefficient (Wildman–Crippen LogP) is 1.25. The lowest BCUT2D eigenvalue weighted by atomic mass is 10.0. The number of ether oxygens (including phenoxy) is 1. The highest BCUT2D eigenvalue weighted by molar-refractivity contribution is 5.73. The van der Waals surface area contributed by atoms with Gasteiger partial charge in [0.2, 0.25) is 0 Å². The van der Waals surface area contributed by atoms with Crippen molar-refractivity contribution in [2.24, 2.45) is 5.92 Å². The van der Waals surface area contributed by atoms with Crippen LogP contribution in [0, 0.1) is 5.92 Å². The molecule has 2 unspecified atom stereocenters. The molecule has 15 heavy (non-hydrogen) atoms. The zero-order valence-electron chi connectivity index (χ0n) is 9.53. The van der Waals surface area contributed by atoms with E-state index in [2.05, 4.69) is 5.32 Å². The van der Waals surface area contributed by atoms with Crippen molar-refractivity contribution in [2.75, 3.05) is 13.7 Å². The SMILES string of the molecule is COCC(C)C(NC1CCCC1)C(=O)O. The highest BCUT2D eigenvalue weighted by Gasteiger charge is 2.28. The lowest BCUT2D eigenvalue weighted by molar-refractivity contribution is -0.141. The van der Waals surface area contributed by atoms with Gasteiger partial charge < -0.3 is 15.2 Å². The third kappa shape index (κ3) is 3.80. The van der Waals surface area contributed by atoms with Gasteiger partial charge in [-0.3, -0.25) is 4.79 Å². The van der Waals surface area contributed by atoms with Crippen molar-refractivity contribution in [3.63, 3.8) is 0 Å². The van der Waals surface area contributed by atoms with Crippen molar-refractivity contribution in [1.82, 2.24) is 5.32 Å². The van der Waals surface area contributed by atoms with Crippen molar-refractivity contribution in [1.29, 1.82) is 0 Å². The maximum Gasteiger partial charge on any atom is 0.321 e. The summed E-state index contributed by atoms with van der Waals surface area (Å²) in [6.07, 6.45) is 4.62. The van der Waals surface area contributed by atoms with Gasteiger partial charge in [0.1, 0.15) is 6.04 Å². The Morgan fingerprint density at radius 2 is 2.13 bits per heavy atom. The maximum absolute atomic E-state index is 11.1. The molecule has 1 saturated carbocycles. The Morgan fingerprint density at radius 3 is 2.60 bits per heavy atom. The number of carbonyl (C=O) groups is 1. The molecular formula is C11H21NO3.